The summed E-state index contributed by atoms with van der Waals surface area (Å²) >= 11 is 1.26. The number of ketones is 1. The molecule has 0 unspecified atom stereocenters. The van der Waals surface area contributed by atoms with Crippen molar-refractivity contribution in [1.82, 2.24) is 0 Å². The third-order valence-corrected chi connectivity index (χ3v) is 4.67. The van der Waals surface area contributed by atoms with E-state index in [0.29, 0.717) is 10.9 Å². The SMILES string of the molecule is CC(=O)c1ccc2c(S(=O)(=O)Cl)csc2c1. The number of Topliss-reactive ketones (excluding diaryl/α,β-unsaturated/α-hetero) is 1. The summed E-state index contributed by atoms with van der Waals surface area (Å²) in [6, 6.07) is 4.88. The van der Waals surface area contributed by atoms with E-state index in [4.69, 9.17) is 10.7 Å². The van der Waals surface area contributed by atoms with E-state index < -0.39 is 9.05 Å². The average molecular weight is 275 g/mol. The molecule has 0 saturated carbocycles. The van der Waals surface area contributed by atoms with Gasteiger partial charge in [0.15, 0.2) is 5.78 Å². The highest BCUT2D eigenvalue weighted by atomic mass is 35.7. The van der Waals surface area contributed by atoms with Gasteiger partial charge in [-0.25, -0.2) is 8.42 Å². The minimum absolute atomic E-state index is 0.0504. The van der Waals surface area contributed by atoms with Crippen molar-refractivity contribution in [3.63, 3.8) is 0 Å². The van der Waals surface area contributed by atoms with E-state index in [1.807, 2.05) is 0 Å². The molecule has 0 N–H and O–H groups in total. The van der Waals surface area contributed by atoms with E-state index in [1.54, 1.807) is 18.2 Å². The van der Waals surface area contributed by atoms with Crippen LogP contribution in [0.15, 0.2) is 28.5 Å². The van der Waals surface area contributed by atoms with E-state index in [0.717, 1.165) is 4.70 Å². The standard InChI is InChI=1S/C10H7ClO3S2/c1-6(12)7-2-3-8-9(4-7)15-5-10(8)16(11,13)14/h2-5H,1H3. The van der Waals surface area contributed by atoms with Gasteiger partial charge in [0.05, 0.1) is 0 Å². The van der Waals surface area contributed by atoms with Crippen molar-refractivity contribution in [2.24, 2.45) is 0 Å². The summed E-state index contributed by atoms with van der Waals surface area (Å²) in [6.45, 7) is 1.47. The van der Waals surface area contributed by atoms with Crippen molar-refractivity contribution in [3.05, 3.63) is 29.1 Å². The van der Waals surface area contributed by atoms with Crippen LogP contribution in [0.4, 0.5) is 0 Å². The molecule has 0 aliphatic carbocycles. The summed E-state index contributed by atoms with van der Waals surface area (Å²) in [4.78, 5) is 11.3. The van der Waals surface area contributed by atoms with Gasteiger partial charge in [0.2, 0.25) is 0 Å². The Kier molecular flexibility index (Phi) is 2.77. The van der Waals surface area contributed by atoms with Gasteiger partial charge in [0.25, 0.3) is 9.05 Å². The fraction of sp³-hybridized carbons (Fsp3) is 0.100. The molecule has 0 bridgehead atoms. The molecule has 0 spiro atoms. The number of carbonyl (C=O) groups excluding carboxylic acids is 1. The molecule has 1 aromatic heterocycles. The van der Waals surface area contributed by atoms with E-state index in [-0.39, 0.29) is 10.7 Å². The number of hydrogen-bond acceptors (Lipinski definition) is 4. The predicted molar refractivity (Wildman–Crippen MR) is 64.9 cm³/mol. The summed E-state index contributed by atoms with van der Waals surface area (Å²) in [5.74, 6) is -0.0504. The Morgan fingerprint density at radius 1 is 1.38 bits per heavy atom. The van der Waals surface area contributed by atoms with Crippen LogP contribution in [0.5, 0.6) is 0 Å². The molecule has 0 fully saturated rings. The Labute approximate surface area is 101 Å². The molecule has 0 saturated heterocycles. The molecule has 0 atom stereocenters. The monoisotopic (exact) mass is 274 g/mol. The van der Waals surface area contributed by atoms with Crippen LogP contribution in [0.1, 0.15) is 17.3 Å². The van der Waals surface area contributed by atoms with Crippen LogP contribution in [0, 0.1) is 0 Å². The Balaban J connectivity index is 2.73. The first-order valence-corrected chi connectivity index (χ1v) is 7.55. The fourth-order valence-electron chi connectivity index (χ4n) is 1.41. The second-order valence-electron chi connectivity index (χ2n) is 3.30. The normalized spacial score (nSPS) is 11.9. The maximum atomic E-state index is 11.2. The first kappa shape index (κ1) is 11.6. The topological polar surface area (TPSA) is 51.2 Å². The number of benzene rings is 1. The summed E-state index contributed by atoms with van der Waals surface area (Å²) in [5.41, 5.74) is 0.563. The smallest absolute Gasteiger partial charge is 0.262 e. The Bertz CT molecular complexity index is 670. The number of hydrogen-bond donors (Lipinski definition) is 0. The molecule has 0 amide bonds. The fourth-order valence-corrected chi connectivity index (χ4v) is 3.96. The highest BCUT2D eigenvalue weighted by molar-refractivity contribution is 8.14. The van der Waals surface area contributed by atoms with E-state index in [2.05, 4.69) is 0 Å². The molecule has 1 heterocycles. The summed E-state index contributed by atoms with van der Waals surface area (Å²) in [6.07, 6.45) is 0. The Hall–Kier alpha value is -0.910. The van der Waals surface area contributed by atoms with Crippen molar-refractivity contribution in [2.45, 2.75) is 11.8 Å². The molecular weight excluding hydrogens is 268 g/mol. The second kappa shape index (κ2) is 3.84. The van der Waals surface area contributed by atoms with Gasteiger partial charge in [-0.15, -0.1) is 11.3 Å². The molecule has 0 radical (unpaired) electrons. The number of fused-ring (bicyclic) bond motifs is 1. The Morgan fingerprint density at radius 2 is 2.06 bits per heavy atom. The summed E-state index contributed by atoms with van der Waals surface area (Å²) in [5, 5.41) is 2.04. The average Bonchev–Trinajstić information content (AvgIpc) is 2.58. The van der Waals surface area contributed by atoms with E-state index in [1.165, 1.54) is 23.6 Å². The van der Waals surface area contributed by atoms with Crippen LogP contribution in [0.25, 0.3) is 10.1 Å². The number of carbonyl (C=O) groups is 1. The first-order valence-electron chi connectivity index (χ1n) is 4.36. The van der Waals surface area contributed by atoms with Gasteiger partial charge in [-0.2, -0.15) is 0 Å². The quantitative estimate of drug-likeness (QED) is 0.625. The van der Waals surface area contributed by atoms with Crippen molar-refractivity contribution in [3.8, 4) is 0 Å². The Morgan fingerprint density at radius 3 is 2.62 bits per heavy atom. The van der Waals surface area contributed by atoms with Crippen LogP contribution in [0.3, 0.4) is 0 Å². The minimum atomic E-state index is -3.72. The number of rotatable bonds is 2. The van der Waals surface area contributed by atoms with Gasteiger partial charge >= 0.3 is 0 Å². The van der Waals surface area contributed by atoms with Gasteiger partial charge in [-0.3, -0.25) is 4.79 Å². The maximum absolute atomic E-state index is 11.2. The molecule has 0 aliphatic heterocycles. The van der Waals surface area contributed by atoms with E-state index in [9.17, 15) is 13.2 Å². The highest BCUT2D eigenvalue weighted by Gasteiger charge is 2.16. The van der Waals surface area contributed by atoms with Crippen molar-refractivity contribution < 1.29 is 13.2 Å². The summed E-state index contributed by atoms with van der Waals surface area (Å²) in [7, 11) is 1.57. The number of halogens is 1. The third-order valence-electron chi connectivity index (χ3n) is 2.21. The lowest BCUT2D eigenvalue weighted by atomic mass is 10.1. The zero-order chi connectivity index (χ0) is 11.9. The van der Waals surface area contributed by atoms with Gasteiger partial charge in [-0.05, 0) is 13.0 Å². The molecule has 1 aromatic carbocycles. The molecule has 84 valence electrons. The third kappa shape index (κ3) is 1.98. The van der Waals surface area contributed by atoms with Gasteiger partial charge in [-0.1, -0.05) is 12.1 Å². The number of thiophene rings is 1. The first-order chi connectivity index (χ1) is 7.39. The minimum Gasteiger partial charge on any atom is -0.295 e. The van der Waals surface area contributed by atoms with Crippen molar-refractivity contribution in [1.29, 1.82) is 0 Å². The lowest BCUT2D eigenvalue weighted by Gasteiger charge is -1.97. The molecule has 2 rings (SSSR count). The maximum Gasteiger partial charge on any atom is 0.262 e. The lowest BCUT2D eigenvalue weighted by Crippen LogP contribution is -1.91. The van der Waals surface area contributed by atoms with Crippen LogP contribution in [0.2, 0.25) is 0 Å². The zero-order valence-corrected chi connectivity index (χ0v) is 10.6. The molecule has 2 aromatic rings. The largest absolute Gasteiger partial charge is 0.295 e. The zero-order valence-electron chi connectivity index (χ0n) is 8.23. The molecular formula is C10H7ClO3S2. The van der Waals surface area contributed by atoms with Crippen LogP contribution in [-0.2, 0) is 9.05 Å². The van der Waals surface area contributed by atoms with Gasteiger partial charge < -0.3 is 0 Å². The molecule has 6 heteroatoms. The van der Waals surface area contributed by atoms with Crippen LogP contribution >= 0.6 is 22.0 Å². The van der Waals surface area contributed by atoms with Gasteiger partial charge in [0.1, 0.15) is 4.90 Å². The van der Waals surface area contributed by atoms with Crippen molar-refractivity contribution >= 4 is 46.9 Å². The molecule has 16 heavy (non-hydrogen) atoms. The summed E-state index contributed by atoms with van der Waals surface area (Å²) < 4.78 is 23.2. The molecule has 3 nitrogen and oxygen atoms in total. The van der Waals surface area contributed by atoms with Crippen molar-refractivity contribution in [2.75, 3.05) is 0 Å². The molecule has 0 aliphatic rings. The van der Waals surface area contributed by atoms with E-state index >= 15 is 0 Å². The highest BCUT2D eigenvalue weighted by Crippen LogP contribution is 2.32. The predicted octanol–water partition coefficient (Wildman–Crippen LogP) is 3.03. The van der Waals surface area contributed by atoms with Gasteiger partial charge in [0, 0.05) is 31.7 Å². The van der Waals surface area contributed by atoms with Crippen LogP contribution in [-0.4, -0.2) is 14.2 Å². The lowest BCUT2D eigenvalue weighted by molar-refractivity contribution is 0.101. The van der Waals surface area contributed by atoms with Crippen LogP contribution < -0.4 is 0 Å². The second-order valence-corrected chi connectivity index (χ2v) is 6.75.